The monoisotopic (exact) mass is 308 g/mol. The van der Waals surface area contributed by atoms with Gasteiger partial charge in [-0.15, -0.1) is 0 Å². The van der Waals surface area contributed by atoms with Crippen LogP contribution in [0.3, 0.4) is 0 Å². The van der Waals surface area contributed by atoms with E-state index in [2.05, 4.69) is 5.32 Å². The van der Waals surface area contributed by atoms with E-state index in [1.165, 1.54) is 0 Å². The van der Waals surface area contributed by atoms with Gasteiger partial charge in [0.2, 0.25) is 11.7 Å². The predicted octanol–water partition coefficient (Wildman–Crippen LogP) is 2.71. The van der Waals surface area contributed by atoms with Gasteiger partial charge in [-0.25, -0.2) is 22.0 Å². The molecule has 1 fully saturated rings. The van der Waals surface area contributed by atoms with E-state index < -0.39 is 46.7 Å². The van der Waals surface area contributed by atoms with E-state index in [-0.39, 0.29) is 5.92 Å². The summed E-state index contributed by atoms with van der Waals surface area (Å²) in [6, 6.07) is -0.742. The number of rotatable bonds is 2. The number of benzene rings is 1. The Labute approximate surface area is 117 Å². The molecule has 1 aromatic rings. The van der Waals surface area contributed by atoms with E-state index in [1.54, 1.807) is 12.2 Å². The molecule has 0 aliphatic carbocycles. The van der Waals surface area contributed by atoms with Gasteiger partial charge in [-0.1, -0.05) is 6.92 Å². The molecule has 1 saturated heterocycles. The maximum Gasteiger partial charge on any atom is 0.241 e. The van der Waals surface area contributed by atoms with Crippen LogP contribution in [-0.4, -0.2) is 18.5 Å². The minimum Gasteiger partial charge on any atom is -0.320 e. The molecule has 8 heteroatoms. The standard InChI is InChI=1S/C13H13F5N2O/c1-5-3-2-4-19-11(5)13(21)20-12-9(17)7(15)6(14)8(16)10(12)18/h5,11,19H,2-4H2,1H3,(H,20,21). The van der Waals surface area contributed by atoms with E-state index >= 15 is 0 Å². The quantitative estimate of drug-likeness (QED) is 0.501. The Hall–Kier alpha value is -1.70. The summed E-state index contributed by atoms with van der Waals surface area (Å²) in [5.41, 5.74) is -1.32. The Balaban J connectivity index is 2.29. The lowest BCUT2D eigenvalue weighted by atomic mass is 9.92. The van der Waals surface area contributed by atoms with Crippen LogP contribution in [0.4, 0.5) is 27.6 Å². The third-order valence-electron chi connectivity index (χ3n) is 3.51. The zero-order chi connectivity index (χ0) is 15.7. The summed E-state index contributed by atoms with van der Waals surface area (Å²) in [5, 5.41) is 4.64. The topological polar surface area (TPSA) is 41.1 Å². The fourth-order valence-electron chi connectivity index (χ4n) is 2.32. The zero-order valence-electron chi connectivity index (χ0n) is 11.1. The average molecular weight is 308 g/mol. The van der Waals surface area contributed by atoms with Crippen LogP contribution in [0, 0.1) is 35.0 Å². The zero-order valence-corrected chi connectivity index (χ0v) is 11.1. The summed E-state index contributed by atoms with van der Waals surface area (Å²) in [6.07, 6.45) is 1.57. The minimum atomic E-state index is -2.26. The Bertz CT molecular complexity index is 549. The van der Waals surface area contributed by atoms with Crippen molar-refractivity contribution in [3.05, 3.63) is 29.1 Å². The van der Waals surface area contributed by atoms with Crippen LogP contribution in [0.2, 0.25) is 0 Å². The lowest BCUT2D eigenvalue weighted by Gasteiger charge is -2.29. The van der Waals surface area contributed by atoms with Gasteiger partial charge in [-0.2, -0.15) is 0 Å². The van der Waals surface area contributed by atoms with E-state index in [1.807, 2.05) is 0 Å². The van der Waals surface area contributed by atoms with Gasteiger partial charge in [0.05, 0.1) is 6.04 Å². The molecule has 21 heavy (non-hydrogen) atoms. The number of piperidine rings is 1. The molecule has 3 nitrogen and oxygen atoms in total. The van der Waals surface area contributed by atoms with Crippen LogP contribution >= 0.6 is 0 Å². The van der Waals surface area contributed by atoms with Crippen LogP contribution in [-0.2, 0) is 4.79 Å². The summed E-state index contributed by atoms with van der Waals surface area (Å²) < 4.78 is 65.9. The van der Waals surface area contributed by atoms with Gasteiger partial charge in [0, 0.05) is 0 Å². The highest BCUT2D eigenvalue weighted by Gasteiger charge is 2.31. The van der Waals surface area contributed by atoms with Crippen molar-refractivity contribution in [1.29, 1.82) is 0 Å². The number of halogens is 5. The summed E-state index contributed by atoms with van der Waals surface area (Å²) in [7, 11) is 0. The van der Waals surface area contributed by atoms with Gasteiger partial charge in [-0.3, -0.25) is 4.79 Å². The lowest BCUT2D eigenvalue weighted by Crippen LogP contribution is -2.48. The molecule has 1 aromatic carbocycles. The van der Waals surface area contributed by atoms with Crippen molar-refractivity contribution in [2.75, 3.05) is 11.9 Å². The fraction of sp³-hybridized carbons (Fsp3) is 0.462. The molecule has 2 rings (SSSR count). The Kier molecular flexibility index (Phi) is 4.46. The smallest absolute Gasteiger partial charge is 0.241 e. The van der Waals surface area contributed by atoms with Gasteiger partial charge in [0.1, 0.15) is 5.69 Å². The average Bonchev–Trinajstić information content (AvgIpc) is 2.48. The number of carbonyl (C=O) groups excluding carboxylic acids is 1. The normalized spacial score (nSPS) is 22.2. The van der Waals surface area contributed by atoms with Crippen molar-refractivity contribution >= 4 is 11.6 Å². The first-order valence-corrected chi connectivity index (χ1v) is 6.40. The summed E-state index contributed by atoms with van der Waals surface area (Å²) in [6.45, 7) is 2.30. The van der Waals surface area contributed by atoms with E-state index in [0.29, 0.717) is 6.54 Å². The van der Waals surface area contributed by atoms with Crippen LogP contribution < -0.4 is 10.6 Å². The first-order valence-electron chi connectivity index (χ1n) is 6.40. The minimum absolute atomic E-state index is 0.111. The largest absolute Gasteiger partial charge is 0.320 e. The number of amides is 1. The molecule has 1 aliphatic heterocycles. The van der Waals surface area contributed by atoms with Crippen molar-refractivity contribution in [2.45, 2.75) is 25.8 Å². The van der Waals surface area contributed by atoms with Gasteiger partial charge < -0.3 is 10.6 Å². The van der Waals surface area contributed by atoms with E-state index in [4.69, 9.17) is 0 Å². The number of nitrogens with one attached hydrogen (secondary N) is 2. The lowest BCUT2D eigenvalue weighted by molar-refractivity contribution is -0.119. The molecular weight excluding hydrogens is 295 g/mol. The Morgan fingerprint density at radius 2 is 1.57 bits per heavy atom. The first kappa shape index (κ1) is 15.7. The third-order valence-corrected chi connectivity index (χ3v) is 3.51. The molecule has 0 bridgehead atoms. The molecule has 1 aliphatic rings. The van der Waals surface area contributed by atoms with Gasteiger partial charge >= 0.3 is 0 Å². The molecule has 0 aromatic heterocycles. The molecule has 0 saturated carbocycles. The number of anilines is 1. The van der Waals surface area contributed by atoms with E-state index in [0.717, 1.165) is 12.8 Å². The highest BCUT2D eigenvalue weighted by molar-refractivity contribution is 5.95. The summed E-state index contributed by atoms with van der Waals surface area (Å²) in [5.74, 6) is -11.5. The maximum absolute atomic E-state index is 13.5. The highest BCUT2D eigenvalue weighted by Crippen LogP contribution is 2.28. The predicted molar refractivity (Wildman–Crippen MR) is 65.1 cm³/mol. The first-order chi connectivity index (χ1) is 9.84. The summed E-state index contributed by atoms with van der Waals surface area (Å²) in [4.78, 5) is 11.9. The van der Waals surface area contributed by atoms with Crippen molar-refractivity contribution < 1.29 is 26.7 Å². The second kappa shape index (κ2) is 5.97. The van der Waals surface area contributed by atoms with Gasteiger partial charge in [0.15, 0.2) is 23.3 Å². The second-order valence-corrected chi connectivity index (χ2v) is 4.99. The number of hydrogen-bond acceptors (Lipinski definition) is 2. The maximum atomic E-state index is 13.5. The van der Waals surface area contributed by atoms with Crippen LogP contribution in [0.1, 0.15) is 19.8 Å². The van der Waals surface area contributed by atoms with Gasteiger partial charge in [-0.05, 0) is 25.3 Å². The third kappa shape index (κ3) is 2.85. The van der Waals surface area contributed by atoms with Crippen molar-refractivity contribution in [2.24, 2.45) is 5.92 Å². The molecule has 1 heterocycles. The molecular formula is C13H13F5N2O. The molecule has 2 atom stereocenters. The summed E-state index contributed by atoms with van der Waals surface area (Å²) >= 11 is 0. The number of carbonyl (C=O) groups is 1. The molecule has 1 amide bonds. The molecule has 2 unspecified atom stereocenters. The number of hydrogen-bond donors (Lipinski definition) is 2. The second-order valence-electron chi connectivity index (χ2n) is 4.99. The SMILES string of the molecule is CC1CCCNC1C(=O)Nc1c(F)c(F)c(F)c(F)c1F. The van der Waals surface area contributed by atoms with Crippen LogP contribution in [0.25, 0.3) is 0 Å². The van der Waals surface area contributed by atoms with Crippen LogP contribution in [0.5, 0.6) is 0 Å². The fourth-order valence-corrected chi connectivity index (χ4v) is 2.32. The highest BCUT2D eigenvalue weighted by atomic mass is 19.2. The molecule has 116 valence electrons. The molecule has 0 spiro atoms. The van der Waals surface area contributed by atoms with Crippen molar-refractivity contribution in [3.63, 3.8) is 0 Å². The van der Waals surface area contributed by atoms with Gasteiger partial charge in [0.25, 0.3) is 0 Å². The Morgan fingerprint density at radius 1 is 1.05 bits per heavy atom. The van der Waals surface area contributed by atoms with Crippen molar-refractivity contribution in [3.8, 4) is 0 Å². The van der Waals surface area contributed by atoms with Crippen LogP contribution in [0.15, 0.2) is 0 Å². The molecule has 2 N–H and O–H groups in total. The molecule has 0 radical (unpaired) electrons. The van der Waals surface area contributed by atoms with Crippen molar-refractivity contribution in [1.82, 2.24) is 5.32 Å². The Morgan fingerprint density at radius 3 is 2.10 bits per heavy atom. The van der Waals surface area contributed by atoms with E-state index in [9.17, 15) is 26.7 Å².